The number of rotatable bonds is 3. The Morgan fingerprint density at radius 2 is 1.73 bits per heavy atom. The molecule has 0 N–H and O–H groups in total. The highest BCUT2D eigenvalue weighted by atomic mass is 35.5. The number of halogens is 1. The van der Waals surface area contributed by atoms with Crippen LogP contribution in [0.2, 0.25) is 0 Å². The van der Waals surface area contributed by atoms with Crippen molar-refractivity contribution in [2.75, 3.05) is 0 Å². The van der Waals surface area contributed by atoms with Crippen molar-refractivity contribution in [3.8, 4) is 22.4 Å². The summed E-state index contributed by atoms with van der Waals surface area (Å²) in [4.78, 5) is 4.52. The maximum atomic E-state index is 5.95. The molecule has 2 aromatic carbocycles. The van der Waals surface area contributed by atoms with E-state index in [-0.39, 0.29) is 0 Å². The maximum absolute atomic E-state index is 5.95. The molecule has 0 saturated heterocycles. The van der Waals surface area contributed by atoms with Crippen LogP contribution in [-0.2, 0) is 5.88 Å². The lowest BCUT2D eigenvalue weighted by Crippen LogP contribution is -1.94. The molecule has 1 nitrogen and oxygen atoms in total. The van der Waals surface area contributed by atoms with Gasteiger partial charge in [-0.2, -0.15) is 0 Å². The highest BCUT2D eigenvalue weighted by molar-refractivity contribution is 6.17. The zero-order chi connectivity index (χ0) is 15.5. The monoisotopic (exact) mass is 307 g/mol. The van der Waals surface area contributed by atoms with Gasteiger partial charge in [-0.05, 0) is 53.8 Å². The standard InChI is InChI=1S/C20H18ClN/c1-14-8-9-18(19-12-16(13-21)10-11-22-19)15(2)20(14)17-6-4-3-5-7-17/h3-12H,13H2,1-2H3. The fourth-order valence-corrected chi connectivity index (χ4v) is 3.04. The van der Waals surface area contributed by atoms with E-state index in [2.05, 4.69) is 61.3 Å². The van der Waals surface area contributed by atoms with E-state index in [1.54, 1.807) is 0 Å². The summed E-state index contributed by atoms with van der Waals surface area (Å²) in [6.45, 7) is 4.32. The van der Waals surface area contributed by atoms with Crippen molar-refractivity contribution in [3.63, 3.8) is 0 Å². The van der Waals surface area contributed by atoms with Crippen LogP contribution >= 0.6 is 11.6 Å². The van der Waals surface area contributed by atoms with Crippen LogP contribution in [0.1, 0.15) is 16.7 Å². The molecule has 1 heterocycles. The van der Waals surface area contributed by atoms with Crippen molar-refractivity contribution >= 4 is 11.6 Å². The minimum Gasteiger partial charge on any atom is -0.256 e. The predicted octanol–water partition coefficient (Wildman–Crippen LogP) is 5.77. The van der Waals surface area contributed by atoms with Crippen molar-refractivity contribution in [2.24, 2.45) is 0 Å². The second kappa shape index (κ2) is 6.33. The summed E-state index contributed by atoms with van der Waals surface area (Å²) in [5, 5.41) is 0. The second-order valence-electron chi connectivity index (χ2n) is 5.48. The van der Waals surface area contributed by atoms with Crippen LogP contribution in [0.4, 0.5) is 0 Å². The van der Waals surface area contributed by atoms with Crippen molar-refractivity contribution in [2.45, 2.75) is 19.7 Å². The van der Waals surface area contributed by atoms with Crippen LogP contribution in [0.3, 0.4) is 0 Å². The normalized spacial score (nSPS) is 10.7. The first-order valence-electron chi connectivity index (χ1n) is 7.37. The summed E-state index contributed by atoms with van der Waals surface area (Å²) < 4.78 is 0. The van der Waals surface area contributed by atoms with Gasteiger partial charge in [0, 0.05) is 17.6 Å². The van der Waals surface area contributed by atoms with Crippen molar-refractivity contribution < 1.29 is 0 Å². The minimum absolute atomic E-state index is 0.506. The minimum atomic E-state index is 0.506. The van der Waals surface area contributed by atoms with Crippen molar-refractivity contribution in [1.29, 1.82) is 0 Å². The third-order valence-electron chi connectivity index (χ3n) is 3.99. The van der Waals surface area contributed by atoms with Gasteiger partial charge < -0.3 is 0 Å². The number of nitrogens with zero attached hydrogens (tertiary/aromatic N) is 1. The summed E-state index contributed by atoms with van der Waals surface area (Å²) in [6.07, 6.45) is 1.83. The summed E-state index contributed by atoms with van der Waals surface area (Å²) in [5.74, 6) is 0.506. The molecule has 0 unspecified atom stereocenters. The Balaban J connectivity index is 2.18. The van der Waals surface area contributed by atoms with Crippen molar-refractivity contribution in [1.82, 2.24) is 4.98 Å². The molecule has 3 rings (SSSR count). The van der Waals surface area contributed by atoms with E-state index in [1.165, 1.54) is 22.3 Å². The van der Waals surface area contributed by atoms with Crippen LogP contribution in [0.15, 0.2) is 60.8 Å². The van der Waals surface area contributed by atoms with Gasteiger partial charge in [0.05, 0.1) is 5.69 Å². The SMILES string of the molecule is Cc1ccc(-c2cc(CCl)ccn2)c(C)c1-c1ccccc1. The summed E-state index contributed by atoms with van der Waals surface area (Å²) in [5.41, 5.74) is 8.30. The summed E-state index contributed by atoms with van der Waals surface area (Å²) >= 11 is 5.95. The van der Waals surface area contributed by atoms with Gasteiger partial charge >= 0.3 is 0 Å². The Kier molecular flexibility index (Phi) is 4.26. The quantitative estimate of drug-likeness (QED) is 0.560. The number of pyridine rings is 1. The zero-order valence-corrected chi connectivity index (χ0v) is 13.6. The average Bonchev–Trinajstić information content (AvgIpc) is 2.56. The number of hydrogen-bond donors (Lipinski definition) is 0. The lowest BCUT2D eigenvalue weighted by Gasteiger charge is -2.15. The van der Waals surface area contributed by atoms with Crippen LogP contribution in [0.5, 0.6) is 0 Å². The number of aryl methyl sites for hydroxylation is 1. The van der Waals surface area contributed by atoms with Gasteiger partial charge in [0.2, 0.25) is 0 Å². The second-order valence-corrected chi connectivity index (χ2v) is 5.75. The Labute approximate surface area is 136 Å². The Bertz CT molecular complexity index is 794. The smallest absolute Gasteiger partial charge is 0.0708 e. The molecular formula is C20H18ClN. The first kappa shape index (κ1) is 14.8. The average molecular weight is 308 g/mol. The van der Waals surface area contributed by atoms with E-state index < -0.39 is 0 Å². The number of alkyl halides is 1. The van der Waals surface area contributed by atoms with Gasteiger partial charge in [0.1, 0.15) is 0 Å². The fraction of sp³-hybridized carbons (Fsp3) is 0.150. The van der Waals surface area contributed by atoms with E-state index in [9.17, 15) is 0 Å². The topological polar surface area (TPSA) is 12.9 Å². The molecule has 0 fully saturated rings. The summed E-state index contributed by atoms with van der Waals surface area (Å²) in [7, 11) is 0. The molecule has 0 aliphatic heterocycles. The Morgan fingerprint density at radius 1 is 0.955 bits per heavy atom. The number of aromatic nitrogens is 1. The van der Waals surface area contributed by atoms with E-state index in [0.717, 1.165) is 16.8 Å². The zero-order valence-electron chi connectivity index (χ0n) is 12.8. The van der Waals surface area contributed by atoms with E-state index in [1.807, 2.05) is 18.3 Å². The van der Waals surface area contributed by atoms with Crippen LogP contribution in [0, 0.1) is 13.8 Å². The predicted molar refractivity (Wildman–Crippen MR) is 94.1 cm³/mol. The first-order chi connectivity index (χ1) is 10.7. The molecule has 0 atom stereocenters. The Morgan fingerprint density at radius 3 is 2.45 bits per heavy atom. The molecular weight excluding hydrogens is 290 g/mol. The summed E-state index contributed by atoms with van der Waals surface area (Å²) in [6, 6.07) is 18.8. The van der Waals surface area contributed by atoms with E-state index >= 15 is 0 Å². The van der Waals surface area contributed by atoms with Gasteiger partial charge in [0.25, 0.3) is 0 Å². The van der Waals surface area contributed by atoms with Gasteiger partial charge in [-0.15, -0.1) is 11.6 Å². The lowest BCUT2D eigenvalue weighted by atomic mass is 9.91. The molecule has 2 heteroatoms. The number of hydrogen-bond acceptors (Lipinski definition) is 1. The van der Waals surface area contributed by atoms with Gasteiger partial charge in [-0.3, -0.25) is 4.98 Å². The van der Waals surface area contributed by atoms with E-state index in [0.29, 0.717) is 5.88 Å². The van der Waals surface area contributed by atoms with Gasteiger partial charge in [0.15, 0.2) is 0 Å². The molecule has 0 aliphatic rings. The highest BCUT2D eigenvalue weighted by Gasteiger charge is 2.12. The van der Waals surface area contributed by atoms with Crippen LogP contribution in [-0.4, -0.2) is 4.98 Å². The largest absolute Gasteiger partial charge is 0.256 e. The maximum Gasteiger partial charge on any atom is 0.0708 e. The molecule has 0 bridgehead atoms. The molecule has 0 spiro atoms. The highest BCUT2D eigenvalue weighted by Crippen LogP contribution is 2.33. The van der Waals surface area contributed by atoms with Crippen molar-refractivity contribution in [3.05, 3.63) is 77.5 Å². The van der Waals surface area contributed by atoms with Gasteiger partial charge in [-0.25, -0.2) is 0 Å². The van der Waals surface area contributed by atoms with Crippen LogP contribution < -0.4 is 0 Å². The molecule has 3 aromatic rings. The molecule has 22 heavy (non-hydrogen) atoms. The molecule has 1 aromatic heterocycles. The molecule has 0 aliphatic carbocycles. The Hall–Kier alpha value is -2.12. The van der Waals surface area contributed by atoms with E-state index in [4.69, 9.17) is 11.6 Å². The lowest BCUT2D eigenvalue weighted by molar-refractivity contribution is 1.25. The molecule has 0 saturated carbocycles. The first-order valence-corrected chi connectivity index (χ1v) is 7.91. The molecule has 110 valence electrons. The van der Waals surface area contributed by atoms with Crippen LogP contribution in [0.25, 0.3) is 22.4 Å². The fourth-order valence-electron chi connectivity index (χ4n) is 2.88. The van der Waals surface area contributed by atoms with Gasteiger partial charge in [-0.1, -0.05) is 42.5 Å². The number of benzene rings is 2. The third kappa shape index (κ3) is 2.77. The molecule has 0 radical (unpaired) electrons. The third-order valence-corrected chi connectivity index (χ3v) is 4.30. The molecule has 0 amide bonds.